The summed E-state index contributed by atoms with van der Waals surface area (Å²) in [6, 6.07) is 6.04. The van der Waals surface area contributed by atoms with Crippen molar-refractivity contribution in [1.29, 1.82) is 5.26 Å². The SMILES string of the molecule is N#CC1(N)CCN(Cc2ccco2)CC1. The highest BCUT2D eigenvalue weighted by atomic mass is 16.3. The van der Waals surface area contributed by atoms with Crippen molar-refractivity contribution in [3.8, 4) is 6.07 Å². The van der Waals surface area contributed by atoms with Crippen LogP contribution in [0, 0.1) is 11.3 Å². The minimum Gasteiger partial charge on any atom is -0.468 e. The minimum atomic E-state index is -0.611. The average Bonchev–Trinajstić information content (AvgIpc) is 2.75. The lowest BCUT2D eigenvalue weighted by Crippen LogP contribution is -2.49. The molecule has 1 aromatic heterocycles. The van der Waals surface area contributed by atoms with Gasteiger partial charge in [0.1, 0.15) is 11.3 Å². The molecule has 0 aliphatic carbocycles. The maximum atomic E-state index is 8.88. The van der Waals surface area contributed by atoms with E-state index in [-0.39, 0.29) is 0 Å². The second-order valence-electron chi connectivity index (χ2n) is 4.12. The van der Waals surface area contributed by atoms with E-state index in [1.54, 1.807) is 6.26 Å². The van der Waals surface area contributed by atoms with Crippen LogP contribution in [0.5, 0.6) is 0 Å². The number of rotatable bonds is 2. The summed E-state index contributed by atoms with van der Waals surface area (Å²) in [7, 11) is 0. The summed E-state index contributed by atoms with van der Waals surface area (Å²) in [5.74, 6) is 0.969. The Kier molecular flexibility index (Phi) is 2.76. The van der Waals surface area contributed by atoms with Crippen LogP contribution in [0.3, 0.4) is 0 Å². The molecule has 1 aliphatic rings. The van der Waals surface area contributed by atoms with E-state index in [1.165, 1.54) is 0 Å². The molecule has 0 atom stereocenters. The van der Waals surface area contributed by atoms with Gasteiger partial charge in [-0.15, -0.1) is 0 Å². The van der Waals surface area contributed by atoms with Crippen LogP contribution in [0.1, 0.15) is 18.6 Å². The lowest BCUT2D eigenvalue weighted by molar-refractivity contribution is 0.170. The fourth-order valence-electron chi connectivity index (χ4n) is 1.84. The predicted molar refractivity (Wildman–Crippen MR) is 55.8 cm³/mol. The molecule has 0 amide bonds. The number of hydrogen-bond donors (Lipinski definition) is 1. The second kappa shape index (κ2) is 4.05. The molecule has 15 heavy (non-hydrogen) atoms. The Morgan fingerprint density at radius 2 is 2.27 bits per heavy atom. The fraction of sp³-hybridized carbons (Fsp3) is 0.545. The van der Waals surface area contributed by atoms with E-state index in [0.717, 1.165) is 38.2 Å². The van der Waals surface area contributed by atoms with Crippen molar-refractivity contribution in [2.24, 2.45) is 5.73 Å². The first kappa shape index (κ1) is 10.2. The van der Waals surface area contributed by atoms with E-state index in [4.69, 9.17) is 15.4 Å². The number of nitrogens with two attached hydrogens (primary N) is 1. The summed E-state index contributed by atoms with van der Waals surface area (Å²) in [6.45, 7) is 2.55. The number of nitriles is 1. The van der Waals surface area contributed by atoms with E-state index in [1.807, 2.05) is 12.1 Å². The van der Waals surface area contributed by atoms with Crippen molar-refractivity contribution in [2.45, 2.75) is 24.9 Å². The van der Waals surface area contributed by atoms with Gasteiger partial charge in [-0.05, 0) is 25.0 Å². The third-order valence-corrected chi connectivity index (χ3v) is 2.93. The lowest BCUT2D eigenvalue weighted by atomic mass is 9.90. The molecule has 80 valence electrons. The molecule has 4 nitrogen and oxygen atoms in total. The molecule has 0 spiro atoms. The Labute approximate surface area is 89.3 Å². The fourth-order valence-corrected chi connectivity index (χ4v) is 1.84. The Morgan fingerprint density at radius 1 is 1.53 bits per heavy atom. The maximum Gasteiger partial charge on any atom is 0.117 e. The lowest BCUT2D eigenvalue weighted by Gasteiger charge is -2.34. The van der Waals surface area contributed by atoms with Crippen LogP contribution in [0.4, 0.5) is 0 Å². The highest BCUT2D eigenvalue weighted by Gasteiger charge is 2.30. The van der Waals surface area contributed by atoms with Crippen molar-refractivity contribution in [1.82, 2.24) is 4.90 Å². The highest BCUT2D eigenvalue weighted by Crippen LogP contribution is 2.20. The summed E-state index contributed by atoms with van der Waals surface area (Å²) in [4.78, 5) is 2.27. The normalized spacial score (nSPS) is 21.1. The molecule has 0 bridgehead atoms. The van der Waals surface area contributed by atoms with Gasteiger partial charge in [0.25, 0.3) is 0 Å². The molecule has 4 heteroatoms. The molecule has 0 aromatic carbocycles. The van der Waals surface area contributed by atoms with E-state index in [9.17, 15) is 0 Å². The molecule has 2 rings (SSSR count). The van der Waals surface area contributed by atoms with Gasteiger partial charge in [0.05, 0.1) is 18.9 Å². The largest absolute Gasteiger partial charge is 0.468 e. The monoisotopic (exact) mass is 205 g/mol. The molecule has 0 saturated carbocycles. The Bertz CT molecular complexity index is 344. The molecule has 2 heterocycles. The number of nitrogens with zero attached hydrogens (tertiary/aromatic N) is 2. The second-order valence-corrected chi connectivity index (χ2v) is 4.12. The summed E-state index contributed by atoms with van der Waals surface area (Å²) in [5, 5.41) is 8.88. The zero-order valence-electron chi connectivity index (χ0n) is 8.65. The van der Waals surface area contributed by atoms with Crippen molar-refractivity contribution < 1.29 is 4.42 Å². The van der Waals surface area contributed by atoms with Crippen molar-refractivity contribution in [2.75, 3.05) is 13.1 Å². The molecular weight excluding hydrogens is 190 g/mol. The molecule has 1 saturated heterocycles. The van der Waals surface area contributed by atoms with Gasteiger partial charge in [-0.1, -0.05) is 0 Å². The first-order valence-corrected chi connectivity index (χ1v) is 5.17. The average molecular weight is 205 g/mol. The molecule has 1 aliphatic heterocycles. The van der Waals surface area contributed by atoms with Crippen LogP contribution in [0.15, 0.2) is 22.8 Å². The summed E-state index contributed by atoms with van der Waals surface area (Å²) >= 11 is 0. The van der Waals surface area contributed by atoms with E-state index < -0.39 is 5.54 Å². The summed E-state index contributed by atoms with van der Waals surface area (Å²) in [6.07, 6.45) is 3.16. The van der Waals surface area contributed by atoms with Crippen LogP contribution >= 0.6 is 0 Å². The number of likely N-dealkylation sites (tertiary alicyclic amines) is 1. The number of hydrogen-bond acceptors (Lipinski definition) is 4. The van der Waals surface area contributed by atoms with Gasteiger partial charge in [-0.2, -0.15) is 5.26 Å². The van der Waals surface area contributed by atoms with Crippen molar-refractivity contribution in [3.05, 3.63) is 24.2 Å². The summed E-state index contributed by atoms with van der Waals surface area (Å²) < 4.78 is 5.28. The topological polar surface area (TPSA) is 66.2 Å². The number of furan rings is 1. The Hall–Kier alpha value is -1.31. The molecule has 1 aromatic rings. The van der Waals surface area contributed by atoms with Crippen LogP contribution in [0.2, 0.25) is 0 Å². The zero-order chi connectivity index (χ0) is 10.7. The molecule has 2 N–H and O–H groups in total. The third-order valence-electron chi connectivity index (χ3n) is 2.93. The van der Waals surface area contributed by atoms with Crippen LogP contribution in [-0.2, 0) is 6.54 Å². The van der Waals surface area contributed by atoms with Gasteiger partial charge < -0.3 is 10.2 Å². The maximum absolute atomic E-state index is 8.88. The van der Waals surface area contributed by atoms with Crippen LogP contribution in [-0.4, -0.2) is 23.5 Å². The van der Waals surface area contributed by atoms with Crippen LogP contribution < -0.4 is 5.73 Å². The first-order chi connectivity index (χ1) is 7.22. The van der Waals surface area contributed by atoms with Gasteiger partial charge in [-0.3, -0.25) is 4.90 Å². The predicted octanol–water partition coefficient (Wildman–Crippen LogP) is 1.10. The van der Waals surface area contributed by atoms with Gasteiger partial charge in [0.15, 0.2) is 0 Å². The Morgan fingerprint density at radius 3 is 2.80 bits per heavy atom. The van der Waals surface area contributed by atoms with Crippen molar-refractivity contribution >= 4 is 0 Å². The highest BCUT2D eigenvalue weighted by molar-refractivity contribution is 5.08. The van der Waals surface area contributed by atoms with Gasteiger partial charge in [-0.25, -0.2) is 0 Å². The molecular formula is C11H15N3O. The van der Waals surface area contributed by atoms with Gasteiger partial charge >= 0.3 is 0 Å². The van der Waals surface area contributed by atoms with E-state index in [2.05, 4.69) is 11.0 Å². The minimum absolute atomic E-state index is 0.611. The van der Waals surface area contributed by atoms with E-state index >= 15 is 0 Å². The quantitative estimate of drug-likeness (QED) is 0.785. The van der Waals surface area contributed by atoms with Crippen LogP contribution in [0.25, 0.3) is 0 Å². The van der Waals surface area contributed by atoms with Crippen molar-refractivity contribution in [3.63, 3.8) is 0 Å². The zero-order valence-corrected chi connectivity index (χ0v) is 8.65. The summed E-state index contributed by atoms with van der Waals surface area (Å²) in [5.41, 5.74) is 5.27. The Balaban J connectivity index is 1.87. The molecule has 0 radical (unpaired) electrons. The third kappa shape index (κ3) is 2.38. The van der Waals surface area contributed by atoms with Gasteiger partial charge in [0, 0.05) is 13.1 Å². The van der Waals surface area contributed by atoms with Gasteiger partial charge in [0.2, 0.25) is 0 Å². The smallest absolute Gasteiger partial charge is 0.117 e. The van der Waals surface area contributed by atoms with E-state index in [0.29, 0.717) is 0 Å². The standard InChI is InChI=1S/C11H15N3O/c12-9-11(13)3-5-14(6-4-11)8-10-2-1-7-15-10/h1-2,7H,3-6,8,13H2. The first-order valence-electron chi connectivity index (χ1n) is 5.17. The molecule has 0 unspecified atom stereocenters. The molecule has 1 fully saturated rings. The number of piperidine rings is 1.